The summed E-state index contributed by atoms with van der Waals surface area (Å²) >= 11 is 6.02. The van der Waals surface area contributed by atoms with E-state index in [9.17, 15) is 4.79 Å². The number of nitrogens with two attached hydrogens (primary N) is 1. The van der Waals surface area contributed by atoms with E-state index in [4.69, 9.17) is 11.6 Å². The molecule has 1 aromatic carbocycles. The van der Waals surface area contributed by atoms with Crippen molar-refractivity contribution in [3.63, 3.8) is 0 Å². The molecule has 1 heterocycles. The predicted octanol–water partition coefficient (Wildman–Crippen LogP) is 2.91. The summed E-state index contributed by atoms with van der Waals surface area (Å²) < 4.78 is 1.96. The van der Waals surface area contributed by atoms with Crippen molar-refractivity contribution in [2.45, 2.75) is 44.7 Å². The lowest BCUT2D eigenvalue weighted by Gasteiger charge is -2.15. The number of nitrogens with one attached hydrogen (secondary N) is 1. The molecule has 1 aromatic heterocycles. The van der Waals surface area contributed by atoms with Crippen LogP contribution >= 0.6 is 11.6 Å². The second-order valence-corrected chi connectivity index (χ2v) is 6.87. The molecule has 6 heteroatoms. The van der Waals surface area contributed by atoms with E-state index < -0.39 is 0 Å². The van der Waals surface area contributed by atoms with Crippen LogP contribution in [-0.2, 0) is 4.79 Å². The molecule has 1 atom stereocenters. The Balaban J connectivity index is 1.54. The summed E-state index contributed by atoms with van der Waals surface area (Å²) in [4.78, 5) is 12.3. The molecule has 0 saturated heterocycles. The van der Waals surface area contributed by atoms with Crippen molar-refractivity contribution in [3.8, 4) is 0 Å². The maximum atomic E-state index is 12.3. The maximum absolute atomic E-state index is 12.3. The number of anilines is 1. The molecule has 0 spiro atoms. The topological polar surface area (TPSA) is 63.5 Å². The Morgan fingerprint density at radius 3 is 2.96 bits per heavy atom. The number of hydrogen-bond acceptors (Lipinski definition) is 2. The van der Waals surface area contributed by atoms with Gasteiger partial charge in [-0.05, 0) is 31.9 Å². The fourth-order valence-corrected chi connectivity index (χ4v) is 3.46. The highest BCUT2D eigenvalue weighted by molar-refractivity contribution is 6.30. The van der Waals surface area contributed by atoms with Crippen molar-refractivity contribution in [3.05, 3.63) is 47.1 Å². The maximum Gasteiger partial charge on any atom is 0.280 e. The Hall–Kier alpha value is -1.85. The normalized spacial score (nSPS) is 16.2. The van der Waals surface area contributed by atoms with Gasteiger partial charge < -0.3 is 10.6 Å². The zero-order valence-electron chi connectivity index (χ0n) is 13.9. The van der Waals surface area contributed by atoms with Gasteiger partial charge in [-0.25, -0.2) is 4.68 Å². The van der Waals surface area contributed by atoms with Crippen LogP contribution in [0, 0.1) is 0 Å². The number of carbonyl (C=O) groups is 1. The lowest BCUT2D eigenvalue weighted by Crippen LogP contribution is -2.86. The Bertz CT molecular complexity index is 694. The lowest BCUT2D eigenvalue weighted by molar-refractivity contribution is -0.682. The number of hydrogen-bond donors (Lipinski definition) is 2. The van der Waals surface area contributed by atoms with Gasteiger partial charge >= 0.3 is 0 Å². The standard InChI is InChI=1S/C18H23ClN4O/c1-13(14-5-4-6-15(19)11-14)20-12-18(24)22-17-9-10-21-23(17)16-7-2-3-8-16/h4-6,9-11,13,16,20H,2-3,7-8,12H2,1H3,(H,22,24)/p+1/t13-/m0/s1. The first-order valence-corrected chi connectivity index (χ1v) is 8.93. The van der Waals surface area contributed by atoms with Crippen LogP contribution in [0.1, 0.15) is 50.3 Å². The van der Waals surface area contributed by atoms with E-state index in [1.165, 1.54) is 12.8 Å². The van der Waals surface area contributed by atoms with Crippen LogP contribution in [0.5, 0.6) is 0 Å². The van der Waals surface area contributed by atoms with Crippen LogP contribution in [0.4, 0.5) is 5.82 Å². The molecule has 0 radical (unpaired) electrons. The van der Waals surface area contributed by atoms with E-state index >= 15 is 0 Å². The van der Waals surface area contributed by atoms with Gasteiger partial charge in [0.1, 0.15) is 11.9 Å². The van der Waals surface area contributed by atoms with Gasteiger partial charge in [-0.2, -0.15) is 5.10 Å². The van der Waals surface area contributed by atoms with Crippen LogP contribution in [0.25, 0.3) is 0 Å². The van der Waals surface area contributed by atoms with Crippen molar-refractivity contribution < 1.29 is 10.1 Å². The second kappa shape index (κ2) is 7.81. The van der Waals surface area contributed by atoms with Gasteiger partial charge in [0.05, 0.1) is 12.2 Å². The largest absolute Gasteiger partial charge is 0.333 e. The van der Waals surface area contributed by atoms with Gasteiger partial charge in [0.25, 0.3) is 5.91 Å². The fourth-order valence-electron chi connectivity index (χ4n) is 3.26. The summed E-state index contributed by atoms with van der Waals surface area (Å²) in [6.45, 7) is 2.44. The number of rotatable bonds is 6. The number of benzene rings is 1. The van der Waals surface area contributed by atoms with Crippen molar-refractivity contribution in [2.75, 3.05) is 11.9 Å². The van der Waals surface area contributed by atoms with Crippen LogP contribution in [0.2, 0.25) is 5.02 Å². The number of halogens is 1. The smallest absolute Gasteiger partial charge is 0.280 e. The number of carbonyl (C=O) groups excluding carboxylic acids is 1. The molecule has 0 aliphatic heterocycles. The minimum Gasteiger partial charge on any atom is -0.333 e. The lowest BCUT2D eigenvalue weighted by atomic mass is 10.1. The number of aromatic nitrogens is 2. The minimum absolute atomic E-state index is 0.0105. The Kier molecular flexibility index (Phi) is 5.53. The zero-order chi connectivity index (χ0) is 16.9. The molecule has 1 amide bonds. The molecule has 5 nitrogen and oxygen atoms in total. The highest BCUT2D eigenvalue weighted by Gasteiger charge is 2.21. The molecule has 3 rings (SSSR count). The third-order valence-electron chi connectivity index (χ3n) is 4.64. The molecule has 24 heavy (non-hydrogen) atoms. The molecule has 2 aromatic rings. The van der Waals surface area contributed by atoms with E-state index in [0.717, 1.165) is 29.2 Å². The van der Waals surface area contributed by atoms with Gasteiger partial charge in [-0.1, -0.05) is 36.6 Å². The molecule has 0 bridgehead atoms. The van der Waals surface area contributed by atoms with E-state index in [1.54, 1.807) is 6.20 Å². The van der Waals surface area contributed by atoms with Crippen LogP contribution < -0.4 is 10.6 Å². The zero-order valence-corrected chi connectivity index (χ0v) is 14.7. The summed E-state index contributed by atoms with van der Waals surface area (Å²) in [6.07, 6.45) is 6.52. The summed E-state index contributed by atoms with van der Waals surface area (Å²) in [6, 6.07) is 10.2. The number of quaternary nitrogens is 1. The highest BCUT2D eigenvalue weighted by Crippen LogP contribution is 2.31. The molecule has 1 saturated carbocycles. The number of amides is 1. The average molecular weight is 348 g/mol. The molecular weight excluding hydrogens is 324 g/mol. The van der Waals surface area contributed by atoms with Crippen molar-refractivity contribution in [1.29, 1.82) is 0 Å². The highest BCUT2D eigenvalue weighted by atomic mass is 35.5. The monoisotopic (exact) mass is 347 g/mol. The van der Waals surface area contributed by atoms with E-state index in [-0.39, 0.29) is 11.9 Å². The quantitative estimate of drug-likeness (QED) is 0.843. The first-order chi connectivity index (χ1) is 11.6. The molecule has 128 valence electrons. The summed E-state index contributed by atoms with van der Waals surface area (Å²) in [5.74, 6) is 0.791. The van der Waals surface area contributed by atoms with E-state index in [0.29, 0.717) is 12.6 Å². The van der Waals surface area contributed by atoms with Crippen molar-refractivity contribution in [2.24, 2.45) is 0 Å². The van der Waals surface area contributed by atoms with E-state index in [2.05, 4.69) is 17.3 Å². The molecule has 1 aliphatic rings. The summed E-state index contributed by atoms with van der Waals surface area (Å²) in [7, 11) is 0. The first kappa shape index (κ1) is 17.0. The second-order valence-electron chi connectivity index (χ2n) is 6.43. The van der Waals surface area contributed by atoms with Gasteiger partial charge in [0, 0.05) is 16.7 Å². The average Bonchev–Trinajstić information content (AvgIpc) is 3.23. The van der Waals surface area contributed by atoms with Gasteiger partial charge in [0.15, 0.2) is 6.54 Å². The Labute approximate surface area is 147 Å². The third kappa shape index (κ3) is 4.16. The van der Waals surface area contributed by atoms with Gasteiger partial charge in [0.2, 0.25) is 0 Å². The van der Waals surface area contributed by atoms with Crippen LogP contribution in [0.15, 0.2) is 36.5 Å². The Morgan fingerprint density at radius 1 is 1.42 bits per heavy atom. The predicted molar refractivity (Wildman–Crippen MR) is 95.0 cm³/mol. The first-order valence-electron chi connectivity index (χ1n) is 8.55. The molecule has 1 fully saturated rings. The number of nitrogens with zero attached hydrogens (tertiary/aromatic N) is 2. The van der Waals surface area contributed by atoms with Crippen LogP contribution in [-0.4, -0.2) is 22.2 Å². The van der Waals surface area contributed by atoms with E-state index in [1.807, 2.05) is 40.3 Å². The molecule has 0 unspecified atom stereocenters. The summed E-state index contributed by atoms with van der Waals surface area (Å²) in [5, 5.41) is 10.1. The third-order valence-corrected chi connectivity index (χ3v) is 4.87. The Morgan fingerprint density at radius 2 is 2.21 bits per heavy atom. The van der Waals surface area contributed by atoms with Crippen molar-refractivity contribution >= 4 is 23.3 Å². The molecule has 3 N–H and O–H groups in total. The fraction of sp³-hybridized carbons (Fsp3) is 0.444. The minimum atomic E-state index is -0.0105. The van der Waals surface area contributed by atoms with Crippen LogP contribution in [0.3, 0.4) is 0 Å². The molecular formula is C18H24ClN4O+. The van der Waals surface area contributed by atoms with Gasteiger partial charge in [-0.15, -0.1) is 0 Å². The molecule has 1 aliphatic carbocycles. The van der Waals surface area contributed by atoms with Crippen molar-refractivity contribution in [1.82, 2.24) is 9.78 Å². The van der Waals surface area contributed by atoms with Gasteiger partial charge in [-0.3, -0.25) is 4.79 Å². The SMILES string of the molecule is C[C@H]([NH2+]CC(=O)Nc1ccnn1C1CCCC1)c1cccc(Cl)c1. The summed E-state index contributed by atoms with van der Waals surface area (Å²) in [5.41, 5.74) is 1.12.